The molecule has 2 saturated heterocycles. The van der Waals surface area contributed by atoms with Crippen molar-refractivity contribution in [3.63, 3.8) is 0 Å². The zero-order valence-corrected chi connectivity index (χ0v) is 17.0. The van der Waals surface area contributed by atoms with E-state index < -0.39 is 5.60 Å². The molecule has 2 aromatic heterocycles. The normalized spacial score (nSPS) is 21.8. The van der Waals surface area contributed by atoms with Crippen LogP contribution >= 0.6 is 0 Å². The first kappa shape index (κ1) is 19.2. The second-order valence-electron chi connectivity index (χ2n) is 8.82. The molecule has 7 nitrogen and oxygen atoms in total. The number of aromatic amines is 1. The Morgan fingerprint density at radius 1 is 1.25 bits per heavy atom. The first-order chi connectivity index (χ1) is 13.4. The number of H-pyrrole nitrogens is 1. The highest BCUT2D eigenvalue weighted by atomic mass is 16.6. The number of piperidine rings is 1. The largest absolute Gasteiger partial charge is 0.444 e. The third-order valence-electron chi connectivity index (χ3n) is 5.51. The van der Waals surface area contributed by atoms with Crippen LogP contribution in [0.3, 0.4) is 0 Å². The van der Waals surface area contributed by atoms with E-state index in [0.717, 1.165) is 49.3 Å². The van der Waals surface area contributed by atoms with Crippen LogP contribution in [-0.4, -0.2) is 51.2 Å². The van der Waals surface area contributed by atoms with Crippen molar-refractivity contribution in [1.82, 2.24) is 19.9 Å². The molecule has 7 heteroatoms. The number of nitrogens with one attached hydrogen (secondary N) is 1. The van der Waals surface area contributed by atoms with Gasteiger partial charge in [0.05, 0.1) is 5.52 Å². The zero-order valence-electron chi connectivity index (χ0n) is 17.0. The molecule has 2 aliphatic heterocycles. The Balaban J connectivity index is 1.47. The van der Waals surface area contributed by atoms with Gasteiger partial charge in [0.1, 0.15) is 17.5 Å². The Morgan fingerprint density at radius 2 is 2.04 bits per heavy atom. The molecule has 28 heavy (non-hydrogen) atoms. The van der Waals surface area contributed by atoms with Gasteiger partial charge in [0.2, 0.25) is 0 Å². The molecule has 2 aliphatic rings. The van der Waals surface area contributed by atoms with E-state index in [1.165, 1.54) is 12.0 Å². The number of hydrogen-bond donors (Lipinski definition) is 1. The lowest BCUT2D eigenvalue weighted by Crippen LogP contribution is -2.41. The first-order valence-electron chi connectivity index (χ1n) is 10.3. The number of aromatic nitrogens is 3. The molecule has 2 aromatic rings. The number of rotatable bonds is 2. The number of carbonyl (C=O) groups is 1. The molecular formula is C21H30N4O3. The molecule has 4 rings (SSSR count). The lowest BCUT2D eigenvalue weighted by Gasteiger charge is -2.33. The van der Waals surface area contributed by atoms with E-state index in [-0.39, 0.29) is 12.2 Å². The minimum atomic E-state index is -0.460. The highest BCUT2D eigenvalue weighted by molar-refractivity contribution is 5.75. The van der Waals surface area contributed by atoms with Gasteiger partial charge in [-0.3, -0.25) is 0 Å². The number of hydrogen-bond acceptors (Lipinski definition) is 5. The van der Waals surface area contributed by atoms with E-state index >= 15 is 0 Å². The number of fused-ring (bicyclic) bond motifs is 1. The van der Waals surface area contributed by atoms with Gasteiger partial charge in [0, 0.05) is 25.9 Å². The van der Waals surface area contributed by atoms with Crippen LogP contribution in [0.5, 0.6) is 0 Å². The van der Waals surface area contributed by atoms with Gasteiger partial charge < -0.3 is 19.4 Å². The van der Waals surface area contributed by atoms with Crippen LogP contribution < -0.4 is 0 Å². The lowest BCUT2D eigenvalue weighted by atomic mass is 9.89. The van der Waals surface area contributed by atoms with E-state index in [4.69, 9.17) is 14.5 Å². The van der Waals surface area contributed by atoms with Crippen LogP contribution in [-0.2, 0) is 9.47 Å². The van der Waals surface area contributed by atoms with Crippen LogP contribution in [0.4, 0.5) is 4.79 Å². The molecule has 152 valence electrons. The maximum absolute atomic E-state index is 12.3. The van der Waals surface area contributed by atoms with Crippen molar-refractivity contribution in [3.8, 4) is 0 Å². The predicted octanol–water partition coefficient (Wildman–Crippen LogP) is 4.31. The van der Waals surface area contributed by atoms with Crippen molar-refractivity contribution < 1.29 is 14.3 Å². The smallest absolute Gasteiger partial charge is 0.410 e. The van der Waals surface area contributed by atoms with Crippen molar-refractivity contribution in [2.75, 3.05) is 19.7 Å². The molecule has 4 heterocycles. The van der Waals surface area contributed by atoms with Crippen molar-refractivity contribution in [1.29, 1.82) is 0 Å². The van der Waals surface area contributed by atoms with Gasteiger partial charge in [0.15, 0.2) is 5.65 Å². The van der Waals surface area contributed by atoms with Crippen LogP contribution in [0.25, 0.3) is 11.2 Å². The molecule has 0 aliphatic carbocycles. The molecule has 0 radical (unpaired) electrons. The summed E-state index contributed by atoms with van der Waals surface area (Å²) in [6.07, 6.45) is 6.78. The van der Waals surface area contributed by atoms with E-state index in [0.29, 0.717) is 19.0 Å². The maximum atomic E-state index is 12.3. The van der Waals surface area contributed by atoms with Gasteiger partial charge in [-0.15, -0.1) is 0 Å². The van der Waals surface area contributed by atoms with Gasteiger partial charge in [-0.25, -0.2) is 14.8 Å². The third kappa shape index (κ3) is 4.14. The minimum absolute atomic E-state index is 0.0461. The Morgan fingerprint density at radius 3 is 2.71 bits per heavy atom. The molecule has 2 fully saturated rings. The summed E-state index contributed by atoms with van der Waals surface area (Å²) in [5.74, 6) is 1.27. The van der Waals surface area contributed by atoms with Gasteiger partial charge >= 0.3 is 6.09 Å². The fraction of sp³-hybridized carbons (Fsp3) is 0.667. The van der Waals surface area contributed by atoms with Crippen molar-refractivity contribution in [2.45, 2.75) is 70.5 Å². The number of pyridine rings is 1. The van der Waals surface area contributed by atoms with E-state index in [1.54, 1.807) is 0 Å². The van der Waals surface area contributed by atoms with E-state index in [1.807, 2.05) is 31.9 Å². The van der Waals surface area contributed by atoms with E-state index in [9.17, 15) is 4.79 Å². The molecule has 0 saturated carbocycles. The Labute approximate surface area is 165 Å². The van der Waals surface area contributed by atoms with Crippen molar-refractivity contribution in [2.24, 2.45) is 0 Å². The summed E-state index contributed by atoms with van der Waals surface area (Å²) in [6.45, 7) is 7.91. The second-order valence-corrected chi connectivity index (χ2v) is 8.82. The molecule has 0 bridgehead atoms. The van der Waals surface area contributed by atoms with Crippen molar-refractivity contribution >= 4 is 17.3 Å². The number of likely N-dealkylation sites (tertiary alicyclic amines) is 1. The Hall–Kier alpha value is -2.15. The molecule has 0 aromatic carbocycles. The topological polar surface area (TPSA) is 80.3 Å². The Kier molecular flexibility index (Phi) is 5.27. The number of nitrogens with zero attached hydrogens (tertiary/aromatic N) is 3. The average molecular weight is 386 g/mol. The fourth-order valence-corrected chi connectivity index (χ4v) is 4.10. The van der Waals surface area contributed by atoms with Gasteiger partial charge in [-0.05, 0) is 70.4 Å². The van der Waals surface area contributed by atoms with Crippen molar-refractivity contribution in [3.05, 3.63) is 23.7 Å². The summed E-state index contributed by atoms with van der Waals surface area (Å²) in [5.41, 5.74) is 2.56. The summed E-state index contributed by atoms with van der Waals surface area (Å²) >= 11 is 0. The maximum Gasteiger partial charge on any atom is 0.410 e. The van der Waals surface area contributed by atoms with Crippen LogP contribution in [0.1, 0.15) is 76.3 Å². The summed E-state index contributed by atoms with van der Waals surface area (Å²) in [5, 5.41) is 0. The summed E-state index contributed by atoms with van der Waals surface area (Å²) in [7, 11) is 0. The van der Waals surface area contributed by atoms with E-state index in [2.05, 4.69) is 16.0 Å². The van der Waals surface area contributed by atoms with Crippen LogP contribution in [0.2, 0.25) is 0 Å². The molecule has 1 N–H and O–H groups in total. The highest BCUT2D eigenvalue weighted by Gasteiger charge is 2.29. The van der Waals surface area contributed by atoms with Gasteiger partial charge in [-0.2, -0.15) is 0 Å². The number of carbonyl (C=O) groups excluding carboxylic acids is 1. The number of amides is 1. The number of imidazole rings is 1. The second kappa shape index (κ2) is 7.70. The minimum Gasteiger partial charge on any atom is -0.444 e. The molecule has 1 atom stereocenters. The standard InChI is InChI=1S/C21H30N4O3/c1-21(2,3)28-20(26)25-11-8-14(9-12-25)15-7-10-22-19-17(15)23-18(24-19)16-6-4-5-13-27-16/h7,10,14,16H,4-6,8-9,11-13H2,1-3H3,(H,22,23,24)/t16-/m1/s1. The summed E-state index contributed by atoms with van der Waals surface area (Å²) < 4.78 is 11.4. The monoisotopic (exact) mass is 386 g/mol. The highest BCUT2D eigenvalue weighted by Crippen LogP contribution is 2.34. The SMILES string of the molecule is CC(C)(C)OC(=O)N1CCC(c2ccnc3nc([C@H]4CCCCO4)[nH]c23)CC1. The predicted molar refractivity (Wildman–Crippen MR) is 106 cm³/mol. The third-order valence-corrected chi connectivity index (χ3v) is 5.51. The van der Waals surface area contributed by atoms with Gasteiger partial charge in [0.25, 0.3) is 0 Å². The molecule has 0 spiro atoms. The fourth-order valence-electron chi connectivity index (χ4n) is 4.10. The Bertz CT molecular complexity index is 828. The lowest BCUT2D eigenvalue weighted by molar-refractivity contribution is 0.0101. The van der Waals surface area contributed by atoms with Crippen LogP contribution in [0.15, 0.2) is 12.3 Å². The molecular weight excluding hydrogens is 356 g/mol. The first-order valence-corrected chi connectivity index (χ1v) is 10.3. The molecule has 0 unspecified atom stereocenters. The quantitative estimate of drug-likeness (QED) is 0.832. The summed E-state index contributed by atoms with van der Waals surface area (Å²) in [6, 6.07) is 2.08. The average Bonchev–Trinajstić information content (AvgIpc) is 3.12. The van der Waals surface area contributed by atoms with Crippen LogP contribution in [0, 0.1) is 0 Å². The van der Waals surface area contributed by atoms with Gasteiger partial charge in [-0.1, -0.05) is 0 Å². The zero-order chi connectivity index (χ0) is 19.7. The number of ether oxygens (including phenoxy) is 2. The molecule has 1 amide bonds. The summed E-state index contributed by atoms with van der Waals surface area (Å²) in [4.78, 5) is 26.8.